The van der Waals surface area contributed by atoms with Gasteiger partial charge in [0.1, 0.15) is 11.2 Å². The van der Waals surface area contributed by atoms with Crippen molar-refractivity contribution in [3.05, 3.63) is 75.8 Å². The topological polar surface area (TPSA) is 136 Å². The number of piperidine rings is 3. The molecule has 3 N–H and O–H groups in total. The van der Waals surface area contributed by atoms with Gasteiger partial charge < -0.3 is 30.3 Å². The first kappa shape index (κ1) is 51.6. The van der Waals surface area contributed by atoms with E-state index in [9.17, 15) is 22.8 Å². The van der Waals surface area contributed by atoms with Gasteiger partial charge in [-0.15, -0.1) is 0 Å². The monoisotopic (exact) mass is 983 g/mol. The van der Waals surface area contributed by atoms with Gasteiger partial charge in [0.15, 0.2) is 17.5 Å². The molecule has 0 amide bonds. The molecule has 3 aliphatic heterocycles. The van der Waals surface area contributed by atoms with E-state index in [2.05, 4.69) is 46.0 Å². The molecular formula is C51H73BrF3N7O4. The molecule has 6 bridgehead atoms. The van der Waals surface area contributed by atoms with Crippen molar-refractivity contribution in [1.82, 2.24) is 20.3 Å². The van der Waals surface area contributed by atoms with E-state index in [1.54, 1.807) is 6.07 Å². The molecular weight excluding hydrogens is 912 g/mol. The highest BCUT2D eigenvalue weighted by Crippen LogP contribution is 2.46. The highest BCUT2D eigenvalue weighted by Gasteiger charge is 2.44. The fourth-order valence-electron chi connectivity index (χ4n) is 11.1. The molecule has 11 nitrogen and oxygen atoms in total. The summed E-state index contributed by atoms with van der Waals surface area (Å²) < 4.78 is 51.7. The van der Waals surface area contributed by atoms with Crippen LogP contribution in [0.1, 0.15) is 110 Å². The van der Waals surface area contributed by atoms with Crippen LogP contribution in [0.5, 0.6) is 0 Å². The molecule has 3 aromatic rings. The van der Waals surface area contributed by atoms with Crippen molar-refractivity contribution in [3.63, 3.8) is 0 Å². The lowest BCUT2D eigenvalue weighted by Gasteiger charge is -2.39. The van der Waals surface area contributed by atoms with Gasteiger partial charge in [0.05, 0.1) is 34.4 Å². The second-order valence-corrected chi connectivity index (χ2v) is 22.4. The third-order valence-corrected chi connectivity index (χ3v) is 14.7. The van der Waals surface area contributed by atoms with Crippen molar-refractivity contribution in [2.45, 2.75) is 131 Å². The number of ether oxygens (including phenoxy) is 2. The first-order valence-corrected chi connectivity index (χ1v) is 24.7. The Morgan fingerprint density at radius 1 is 0.621 bits per heavy atom. The number of aromatic nitrogens is 3. The Hall–Kier alpha value is -3.82. The summed E-state index contributed by atoms with van der Waals surface area (Å²) in [5.41, 5.74) is 9.22. The summed E-state index contributed by atoms with van der Waals surface area (Å²) in [6.07, 6.45) is 12.1. The number of hydrogen-bond acceptors (Lipinski definition) is 11. The Morgan fingerprint density at radius 2 is 0.970 bits per heavy atom. The van der Waals surface area contributed by atoms with E-state index < -0.39 is 5.60 Å². The van der Waals surface area contributed by atoms with Gasteiger partial charge in [0, 0.05) is 62.1 Å². The summed E-state index contributed by atoms with van der Waals surface area (Å²) in [5, 5.41) is 3.45. The molecule has 6 aliphatic rings. The van der Waals surface area contributed by atoms with Crippen LogP contribution in [0.2, 0.25) is 0 Å². The predicted octanol–water partition coefficient (Wildman–Crippen LogP) is 9.68. The number of nitrogens with zero attached hydrogens (tertiary/aromatic N) is 5. The van der Waals surface area contributed by atoms with Gasteiger partial charge in [0.25, 0.3) is 0 Å². The number of anilines is 2. The maximum atomic E-state index is 14.1. The number of fused-ring (bicyclic) bond motifs is 6. The molecule has 364 valence electrons. The smallest absolute Gasteiger partial charge is 0.306 e. The van der Waals surface area contributed by atoms with Crippen LogP contribution in [0.25, 0.3) is 0 Å². The lowest BCUT2D eigenvalue weighted by molar-refractivity contribution is -0.158. The van der Waals surface area contributed by atoms with E-state index in [0.29, 0.717) is 82.1 Å². The van der Waals surface area contributed by atoms with E-state index in [1.807, 2.05) is 74.4 Å². The molecule has 9 atom stereocenters. The van der Waals surface area contributed by atoms with Crippen molar-refractivity contribution >= 4 is 39.2 Å². The molecule has 0 radical (unpaired) electrons. The quantitative estimate of drug-likeness (QED) is 0.229. The molecule has 9 rings (SSSR count). The van der Waals surface area contributed by atoms with E-state index in [1.165, 1.54) is 44.3 Å². The highest BCUT2D eigenvalue weighted by molar-refractivity contribution is 9.10. The Labute approximate surface area is 399 Å². The number of hydrogen-bond donors (Lipinski definition) is 2. The summed E-state index contributed by atoms with van der Waals surface area (Å²) in [6.45, 7) is 22.7. The van der Waals surface area contributed by atoms with Crippen molar-refractivity contribution in [3.8, 4) is 0 Å². The second kappa shape index (κ2) is 22.1. The third kappa shape index (κ3) is 14.1. The number of nitrogens with one attached hydrogen (secondary N) is 1. The first-order chi connectivity index (χ1) is 31.0. The molecule has 6 heterocycles. The number of carbonyl (C=O) groups is 2. The van der Waals surface area contributed by atoms with Gasteiger partial charge in [-0.05, 0) is 195 Å². The largest absolute Gasteiger partial charge is 0.460 e. The number of nitrogens with two attached hydrogens (primary N) is 1. The Kier molecular flexibility index (Phi) is 17.3. The molecule has 3 saturated carbocycles. The van der Waals surface area contributed by atoms with Gasteiger partial charge in [-0.3, -0.25) is 24.5 Å². The Morgan fingerprint density at radius 3 is 1.36 bits per heavy atom. The summed E-state index contributed by atoms with van der Waals surface area (Å²) in [6, 6.07) is 5.61. The summed E-state index contributed by atoms with van der Waals surface area (Å²) in [7, 11) is 0. The fraction of sp³-hybridized carbons (Fsp3) is 0.667. The Bertz CT molecular complexity index is 2090. The molecule has 3 aromatic heterocycles. The number of pyridine rings is 3. The fourth-order valence-corrected chi connectivity index (χ4v) is 11.5. The molecule has 0 aromatic carbocycles. The third-order valence-electron chi connectivity index (χ3n) is 14.1. The summed E-state index contributed by atoms with van der Waals surface area (Å²) in [5.74, 6) is 3.34. The zero-order valence-electron chi connectivity index (χ0n) is 40.5. The normalized spacial score (nSPS) is 27.4. The second-order valence-electron chi connectivity index (χ2n) is 21.5. The van der Waals surface area contributed by atoms with Gasteiger partial charge >= 0.3 is 11.9 Å². The van der Waals surface area contributed by atoms with Crippen molar-refractivity contribution in [2.24, 2.45) is 53.1 Å². The molecule has 3 saturated heterocycles. The number of rotatable bonds is 6. The minimum Gasteiger partial charge on any atom is -0.460 e. The number of aryl methyl sites for hydroxylation is 3. The van der Waals surface area contributed by atoms with Crippen molar-refractivity contribution in [2.75, 3.05) is 49.1 Å². The standard InChI is InChI=1S/C19H27FN2O2.C13H18FN3.C13H23NO2.C6H5BrFN/c1-12-7-17(16(20)9-21-12)22-10-13-5-6-14(11-22)15(13)8-18(23)24-19(2,3)4;1-8-4-12(11(14)5-16-8)17-6-9-2-3-10(7-17)13(9)15;1-13(2,3)16-12(15)6-11-9-4-5-10(11)8-14-7-9;1-4-2-5(7)6(8)3-9-4/h7,9,13-15H,5-6,8,10-11H2,1-4H3;4-5,9-10,13H,2-3,6-7,15H2,1H3;9-11,14H,4-8H2,1-3H3;2-3H,1H3/t13-,14+,15?;9-,10+,13?;9-,10+,11?;. The SMILES string of the molecule is CC(C)(C)OC(=O)CC1[C@@H]2CC[C@H]1CNC2.Cc1cc(Br)c(F)cn1.Cc1cc(N2C[C@H]3CC[C@@H](C2)C3CC(=O)OC(C)(C)C)c(F)cn1.Cc1cc(N2C[C@H]3CC[C@@H](C2)C3N)c(F)cn1. The average molecular weight is 985 g/mol. The van der Waals surface area contributed by atoms with Crippen LogP contribution in [0.3, 0.4) is 0 Å². The van der Waals surface area contributed by atoms with Crippen LogP contribution in [-0.2, 0) is 19.1 Å². The minimum atomic E-state index is -0.436. The van der Waals surface area contributed by atoms with Crippen LogP contribution in [-0.4, -0.2) is 83.4 Å². The van der Waals surface area contributed by atoms with Gasteiger partial charge in [-0.2, -0.15) is 0 Å². The van der Waals surface area contributed by atoms with Crippen LogP contribution in [0.4, 0.5) is 24.5 Å². The minimum absolute atomic E-state index is 0.0173. The Balaban J connectivity index is 0.000000153. The van der Waals surface area contributed by atoms with Crippen LogP contribution in [0, 0.1) is 85.6 Å². The van der Waals surface area contributed by atoms with Crippen LogP contribution in [0.15, 0.2) is 41.3 Å². The maximum absolute atomic E-state index is 14.1. The number of esters is 2. The maximum Gasteiger partial charge on any atom is 0.306 e. The van der Waals surface area contributed by atoms with E-state index >= 15 is 0 Å². The summed E-state index contributed by atoms with van der Waals surface area (Å²) >= 11 is 3.03. The van der Waals surface area contributed by atoms with E-state index in [4.69, 9.17) is 15.2 Å². The summed E-state index contributed by atoms with van der Waals surface area (Å²) in [4.78, 5) is 40.0. The van der Waals surface area contributed by atoms with Crippen LogP contribution < -0.4 is 20.9 Å². The van der Waals surface area contributed by atoms with E-state index in [0.717, 1.165) is 69.2 Å². The zero-order chi connectivity index (χ0) is 48.1. The molecule has 66 heavy (non-hydrogen) atoms. The molecule has 0 spiro atoms. The highest BCUT2D eigenvalue weighted by atomic mass is 79.9. The first-order valence-electron chi connectivity index (χ1n) is 23.9. The van der Waals surface area contributed by atoms with Gasteiger partial charge in [0.2, 0.25) is 0 Å². The van der Waals surface area contributed by atoms with Crippen molar-refractivity contribution in [1.29, 1.82) is 0 Å². The predicted molar refractivity (Wildman–Crippen MR) is 256 cm³/mol. The van der Waals surface area contributed by atoms with Gasteiger partial charge in [-0.25, -0.2) is 13.2 Å². The number of halogens is 4. The van der Waals surface area contributed by atoms with Crippen LogP contribution >= 0.6 is 15.9 Å². The molecule has 3 unspecified atom stereocenters. The van der Waals surface area contributed by atoms with Gasteiger partial charge in [-0.1, -0.05) is 0 Å². The van der Waals surface area contributed by atoms with Crippen molar-refractivity contribution < 1.29 is 32.2 Å². The number of carbonyl (C=O) groups excluding carboxylic acids is 2. The molecule has 6 fully saturated rings. The molecule has 3 aliphatic carbocycles. The lowest BCUT2D eigenvalue weighted by atomic mass is 9.82. The lowest BCUT2D eigenvalue weighted by Crippen LogP contribution is -2.49. The average Bonchev–Trinajstić information content (AvgIpc) is 3.64. The molecule has 15 heteroatoms. The van der Waals surface area contributed by atoms with E-state index in [-0.39, 0.29) is 35.0 Å². The zero-order valence-corrected chi connectivity index (χ0v) is 42.1.